The second-order valence-corrected chi connectivity index (χ2v) is 17.6. The molecule has 0 fully saturated rings. The molecule has 4 rings (SSSR count). The Morgan fingerprint density at radius 3 is 1.86 bits per heavy atom. The Kier molecular flexibility index (Phi) is 22.0. The molecule has 0 aliphatic rings. The van der Waals surface area contributed by atoms with E-state index in [0.29, 0.717) is 36.8 Å². The molecule has 4 aromatic rings. The number of rotatable bonds is 29. The van der Waals surface area contributed by atoms with E-state index in [1.54, 1.807) is 36.5 Å². The number of carboxylic acid groups (broad SMARTS) is 1. The maximum Gasteiger partial charge on any atom is 0.446 e. The van der Waals surface area contributed by atoms with Gasteiger partial charge in [0.2, 0.25) is 41.4 Å². The summed E-state index contributed by atoms with van der Waals surface area (Å²) in [5.74, 6) is -7.00. The minimum Gasteiger partial charge on any atom is -0.481 e. The molecule has 1 aromatic heterocycles. The minimum absolute atomic E-state index is 0.0455. The number of aryl methyl sites for hydroxylation is 1. The Labute approximate surface area is 406 Å². The van der Waals surface area contributed by atoms with Crippen molar-refractivity contribution in [2.45, 2.75) is 115 Å². The smallest absolute Gasteiger partial charge is 0.446 e. The molecule has 0 aliphatic heterocycles. The van der Waals surface area contributed by atoms with Crippen LogP contribution in [0.4, 0.5) is 0 Å². The molecule has 0 saturated heterocycles. The Morgan fingerprint density at radius 2 is 1.23 bits per heavy atom. The van der Waals surface area contributed by atoms with Crippen molar-refractivity contribution in [3.8, 4) is 5.75 Å². The summed E-state index contributed by atoms with van der Waals surface area (Å²) < 4.78 is 35.2. The lowest BCUT2D eigenvalue weighted by molar-refractivity contribution is -0.142. The molecular formula is C48H62N8O13S. The van der Waals surface area contributed by atoms with Crippen molar-refractivity contribution >= 4 is 68.6 Å². The number of likely N-dealkylation sites (N-methyl/N-ethyl adjacent to an activating group) is 1. The number of aromatic amines is 1. The summed E-state index contributed by atoms with van der Waals surface area (Å²) in [5, 5.41) is 28.4. The summed E-state index contributed by atoms with van der Waals surface area (Å²) in [6.07, 6.45) is 3.65. The third kappa shape index (κ3) is 18.7. The molecule has 10 N–H and O–H groups in total. The average molecular weight is 991 g/mol. The van der Waals surface area contributed by atoms with Crippen molar-refractivity contribution in [1.29, 1.82) is 0 Å². The Hall–Kier alpha value is -7.17. The number of benzene rings is 3. The number of aromatic nitrogens is 1. The molecule has 0 bridgehead atoms. The normalized spacial score (nSPS) is 13.4. The molecule has 0 aliphatic carbocycles. The first-order valence-electron chi connectivity index (χ1n) is 22.9. The van der Waals surface area contributed by atoms with Crippen LogP contribution < -0.4 is 41.4 Å². The number of fused-ring (bicyclic) bond motifs is 1. The van der Waals surface area contributed by atoms with Crippen LogP contribution in [0.1, 0.15) is 81.9 Å². The largest absolute Gasteiger partial charge is 0.481 e. The van der Waals surface area contributed by atoms with Gasteiger partial charge in [-0.15, -0.1) is 0 Å². The average Bonchev–Trinajstić information content (AvgIpc) is 3.73. The van der Waals surface area contributed by atoms with Gasteiger partial charge >= 0.3 is 16.4 Å². The summed E-state index contributed by atoms with van der Waals surface area (Å²) >= 11 is 0. The summed E-state index contributed by atoms with van der Waals surface area (Å²) in [6.45, 7) is 3.15. The van der Waals surface area contributed by atoms with E-state index in [-0.39, 0.29) is 44.3 Å². The Bertz CT molecular complexity index is 2540. The molecule has 21 nitrogen and oxygen atoms in total. The molecule has 378 valence electrons. The number of H-pyrrole nitrogens is 1. The third-order valence-electron chi connectivity index (χ3n) is 11.1. The van der Waals surface area contributed by atoms with Gasteiger partial charge in [0.25, 0.3) is 0 Å². The number of imide groups is 1. The van der Waals surface area contributed by atoms with Crippen LogP contribution in [0.2, 0.25) is 0 Å². The van der Waals surface area contributed by atoms with Crippen molar-refractivity contribution < 1.29 is 60.6 Å². The monoisotopic (exact) mass is 990 g/mol. The lowest BCUT2D eigenvalue weighted by atomic mass is 10.0. The van der Waals surface area contributed by atoms with E-state index >= 15 is 0 Å². The van der Waals surface area contributed by atoms with Gasteiger partial charge in [-0.05, 0) is 67.6 Å². The third-order valence-corrected chi connectivity index (χ3v) is 11.5. The molecule has 0 spiro atoms. The van der Waals surface area contributed by atoms with Gasteiger partial charge in [0.15, 0.2) is 0 Å². The van der Waals surface area contributed by atoms with E-state index in [2.05, 4.69) is 46.4 Å². The maximum absolute atomic E-state index is 14.2. The number of carbonyl (C=O) groups is 8. The highest BCUT2D eigenvalue weighted by Gasteiger charge is 2.33. The zero-order chi connectivity index (χ0) is 51.2. The van der Waals surface area contributed by atoms with E-state index in [4.69, 9.17) is 4.55 Å². The van der Waals surface area contributed by atoms with Crippen molar-refractivity contribution in [3.05, 3.63) is 102 Å². The van der Waals surface area contributed by atoms with Gasteiger partial charge in [-0.3, -0.25) is 48.2 Å². The summed E-state index contributed by atoms with van der Waals surface area (Å²) in [5.41, 5.74) is 2.82. The van der Waals surface area contributed by atoms with Crippen molar-refractivity contribution in [3.63, 3.8) is 0 Å². The summed E-state index contributed by atoms with van der Waals surface area (Å²) in [4.78, 5) is 110. The molecule has 70 heavy (non-hydrogen) atoms. The first-order valence-corrected chi connectivity index (χ1v) is 24.3. The number of carbonyl (C=O) groups excluding carboxylic acids is 7. The quantitative estimate of drug-likeness (QED) is 0.0348. The van der Waals surface area contributed by atoms with E-state index in [0.717, 1.165) is 16.5 Å². The molecule has 22 heteroatoms. The highest BCUT2D eigenvalue weighted by atomic mass is 32.3. The fraction of sp³-hybridized carbons (Fsp3) is 0.417. The van der Waals surface area contributed by atoms with Crippen LogP contribution in [0.3, 0.4) is 0 Å². The zero-order valence-corrected chi connectivity index (χ0v) is 40.1. The van der Waals surface area contributed by atoms with Crippen LogP contribution in [0.5, 0.6) is 5.75 Å². The number of hydrogen-bond donors (Lipinski definition) is 10. The number of hydrogen-bond acceptors (Lipinski definition) is 12. The van der Waals surface area contributed by atoms with E-state index in [9.17, 15) is 51.9 Å². The highest BCUT2D eigenvalue weighted by Crippen LogP contribution is 2.20. The highest BCUT2D eigenvalue weighted by molar-refractivity contribution is 7.81. The predicted octanol–water partition coefficient (Wildman–Crippen LogP) is 1.91. The van der Waals surface area contributed by atoms with Crippen LogP contribution in [-0.2, 0) is 68.0 Å². The first-order chi connectivity index (χ1) is 33.4. The van der Waals surface area contributed by atoms with Gasteiger partial charge in [-0.2, -0.15) is 8.42 Å². The topological polar surface area (TPSA) is 320 Å². The second-order valence-electron chi connectivity index (χ2n) is 16.6. The molecule has 1 heterocycles. The molecule has 5 atom stereocenters. The summed E-state index contributed by atoms with van der Waals surface area (Å²) in [6, 6.07) is 15.6. The van der Waals surface area contributed by atoms with E-state index < -0.39 is 101 Å². The number of unbranched alkanes of at least 4 members (excludes halogenated alkanes) is 2. The maximum atomic E-state index is 14.2. The van der Waals surface area contributed by atoms with Crippen LogP contribution in [0.15, 0.2) is 85.1 Å². The second kappa shape index (κ2) is 27.7. The van der Waals surface area contributed by atoms with E-state index in [1.807, 2.05) is 38.1 Å². The predicted molar refractivity (Wildman–Crippen MR) is 257 cm³/mol. The standard InChI is InChI=1S/C48H62N8O13S/c1-4-6-16-36(52-41(57)24-21-30-19-22-33(23-20-30)69-70(66,67)68)44(61)51-29-42(58)53-39(26-32-28-50-35-18-12-11-15-34(32)35)47(64)54-37(17-7-5-2)45(62)55-40(27-43(59)60)48(65)56-46(63)38(49-3)25-31-13-9-8-10-14-31/h8-15,18-20,22-23,28,36-40,49-50H,4-7,16-17,21,24-27,29H2,1-3H3,(H,51,61)(H,52,57)(H,53,58)(H,54,64)(H,55,62)(H,59,60)(H,56,63,65)(H,66,67,68)/t36-,37-,38-,39-,40-/m0/s1. The first kappa shape index (κ1) is 55.4. The van der Waals surface area contributed by atoms with Crippen molar-refractivity contribution in [1.82, 2.24) is 42.2 Å². The molecule has 0 saturated carbocycles. The van der Waals surface area contributed by atoms with Crippen molar-refractivity contribution in [2.24, 2.45) is 0 Å². The van der Waals surface area contributed by atoms with Gasteiger partial charge in [-0.1, -0.05) is 100 Å². The number of para-hydroxylation sites is 1. The SMILES string of the molecule is CCCC[C@H](NC(=O)CCc1ccc(OS(=O)(=O)O)cc1)C(=O)NCC(=O)N[C@@H](Cc1c[nH]c2ccccc12)C(=O)N[C@@H](CCCC)C(=O)N[C@@H](CC(=O)O)C(=O)NC(=O)[C@H](Cc1ccccc1)NC. The van der Waals surface area contributed by atoms with Gasteiger partial charge in [0.05, 0.1) is 19.0 Å². The van der Waals surface area contributed by atoms with Crippen molar-refractivity contribution in [2.75, 3.05) is 13.6 Å². The lowest BCUT2D eigenvalue weighted by Crippen LogP contribution is -2.59. The van der Waals surface area contributed by atoms with Crippen LogP contribution in [-0.4, -0.2) is 114 Å². The molecule has 7 amide bonds. The number of carboxylic acids is 1. The van der Waals surface area contributed by atoms with E-state index in [1.165, 1.54) is 31.3 Å². The Morgan fingerprint density at radius 1 is 0.643 bits per heavy atom. The molecular weight excluding hydrogens is 929 g/mol. The lowest BCUT2D eigenvalue weighted by Gasteiger charge is -2.25. The number of amides is 7. The molecule has 0 radical (unpaired) electrons. The zero-order valence-electron chi connectivity index (χ0n) is 39.2. The molecule has 3 aromatic carbocycles. The Balaban J connectivity index is 1.45. The van der Waals surface area contributed by atoms with Gasteiger partial charge in [-0.25, -0.2) is 0 Å². The fourth-order valence-corrected chi connectivity index (χ4v) is 7.73. The van der Waals surface area contributed by atoms with Crippen LogP contribution in [0, 0.1) is 0 Å². The fourth-order valence-electron chi connectivity index (χ4n) is 7.38. The van der Waals surface area contributed by atoms with Gasteiger partial charge < -0.3 is 46.2 Å². The van der Waals surface area contributed by atoms with Gasteiger partial charge in [0.1, 0.15) is 29.9 Å². The van der Waals surface area contributed by atoms with Gasteiger partial charge in [0, 0.05) is 29.9 Å². The minimum atomic E-state index is -4.71. The van der Waals surface area contributed by atoms with Crippen LogP contribution in [0.25, 0.3) is 10.9 Å². The number of aliphatic carboxylic acids is 1. The number of nitrogens with one attached hydrogen (secondary N) is 8. The molecule has 0 unspecified atom stereocenters. The van der Waals surface area contributed by atoms with Crippen LogP contribution >= 0.6 is 0 Å². The summed E-state index contributed by atoms with van der Waals surface area (Å²) in [7, 11) is -3.18.